The molecular weight excluding hydrogens is 371 g/mol. The Kier molecular flexibility index (Phi) is 3.98. The molecule has 17 heavy (non-hydrogen) atoms. The summed E-state index contributed by atoms with van der Waals surface area (Å²) in [7, 11) is 0. The SMILES string of the molecule is CCCC1c2ccccc2-c2ccccc21.[Hf]. The monoisotopic (exact) mass is 388 g/mol. The zero-order valence-electron chi connectivity index (χ0n) is 10.1. The molecule has 0 atom stereocenters. The van der Waals surface area contributed by atoms with Gasteiger partial charge in [-0.25, -0.2) is 0 Å². The summed E-state index contributed by atoms with van der Waals surface area (Å²) in [6.45, 7) is 2.27. The van der Waals surface area contributed by atoms with E-state index in [-0.39, 0.29) is 25.8 Å². The fourth-order valence-electron chi connectivity index (χ4n) is 2.86. The Balaban J connectivity index is 0.00000108. The van der Waals surface area contributed by atoms with Gasteiger partial charge in [0.15, 0.2) is 0 Å². The fourth-order valence-corrected chi connectivity index (χ4v) is 2.86. The van der Waals surface area contributed by atoms with Gasteiger partial charge in [-0.1, -0.05) is 61.9 Å². The molecule has 0 N–H and O–H groups in total. The van der Waals surface area contributed by atoms with Gasteiger partial charge in [0.05, 0.1) is 0 Å². The van der Waals surface area contributed by atoms with Gasteiger partial charge in [-0.3, -0.25) is 0 Å². The van der Waals surface area contributed by atoms with Crippen LogP contribution in [0.15, 0.2) is 48.5 Å². The second-order valence-corrected chi connectivity index (χ2v) is 4.52. The van der Waals surface area contributed by atoms with Gasteiger partial charge in [0.25, 0.3) is 0 Å². The van der Waals surface area contributed by atoms with Gasteiger partial charge in [0, 0.05) is 31.8 Å². The second-order valence-electron chi connectivity index (χ2n) is 4.52. The minimum Gasteiger partial charge on any atom is -0.0653 e. The van der Waals surface area contributed by atoms with E-state index in [1.54, 1.807) is 0 Å². The second kappa shape index (κ2) is 5.31. The molecule has 84 valence electrons. The van der Waals surface area contributed by atoms with Crippen molar-refractivity contribution in [2.45, 2.75) is 25.7 Å². The third kappa shape index (κ3) is 2.06. The molecular formula is C16H16Hf. The van der Waals surface area contributed by atoms with Crippen LogP contribution in [0.2, 0.25) is 0 Å². The first-order valence-electron chi connectivity index (χ1n) is 6.10. The molecule has 0 heterocycles. The van der Waals surface area contributed by atoms with Crippen LogP contribution >= 0.6 is 0 Å². The molecule has 2 aromatic rings. The van der Waals surface area contributed by atoms with Gasteiger partial charge in [-0.05, 0) is 28.7 Å². The van der Waals surface area contributed by atoms with Gasteiger partial charge < -0.3 is 0 Å². The normalized spacial score (nSPS) is 12.8. The van der Waals surface area contributed by atoms with Gasteiger partial charge >= 0.3 is 0 Å². The average molecular weight is 387 g/mol. The van der Waals surface area contributed by atoms with Crippen molar-refractivity contribution in [2.24, 2.45) is 0 Å². The topological polar surface area (TPSA) is 0 Å². The summed E-state index contributed by atoms with van der Waals surface area (Å²) in [5.74, 6) is 0.623. The first-order chi connectivity index (χ1) is 7.92. The Morgan fingerprint density at radius 3 is 1.76 bits per heavy atom. The van der Waals surface area contributed by atoms with E-state index in [0.29, 0.717) is 5.92 Å². The number of rotatable bonds is 2. The molecule has 1 aliphatic carbocycles. The van der Waals surface area contributed by atoms with E-state index in [2.05, 4.69) is 55.5 Å². The first-order valence-corrected chi connectivity index (χ1v) is 6.10. The molecule has 1 heteroatoms. The summed E-state index contributed by atoms with van der Waals surface area (Å²) < 4.78 is 0. The third-order valence-electron chi connectivity index (χ3n) is 3.54. The van der Waals surface area contributed by atoms with Crippen molar-refractivity contribution in [3.05, 3.63) is 59.7 Å². The summed E-state index contributed by atoms with van der Waals surface area (Å²) in [5, 5.41) is 0. The van der Waals surface area contributed by atoms with Crippen LogP contribution in [-0.2, 0) is 25.8 Å². The van der Waals surface area contributed by atoms with Gasteiger partial charge in [-0.2, -0.15) is 0 Å². The van der Waals surface area contributed by atoms with Crippen molar-refractivity contribution < 1.29 is 25.8 Å². The Morgan fingerprint density at radius 1 is 0.824 bits per heavy atom. The molecule has 0 saturated heterocycles. The van der Waals surface area contributed by atoms with Crippen molar-refractivity contribution >= 4 is 0 Å². The molecule has 0 amide bonds. The summed E-state index contributed by atoms with van der Waals surface area (Å²) in [6.07, 6.45) is 2.50. The quantitative estimate of drug-likeness (QED) is 0.662. The molecule has 0 aliphatic heterocycles. The maximum atomic E-state index is 2.29. The number of hydrogen-bond acceptors (Lipinski definition) is 0. The zero-order chi connectivity index (χ0) is 11.0. The van der Waals surface area contributed by atoms with Crippen LogP contribution in [0.5, 0.6) is 0 Å². The summed E-state index contributed by atoms with van der Waals surface area (Å²) in [6, 6.07) is 17.7. The van der Waals surface area contributed by atoms with E-state index < -0.39 is 0 Å². The zero-order valence-corrected chi connectivity index (χ0v) is 13.7. The summed E-state index contributed by atoms with van der Waals surface area (Å²) >= 11 is 0. The van der Waals surface area contributed by atoms with Crippen LogP contribution < -0.4 is 0 Å². The number of hydrogen-bond donors (Lipinski definition) is 0. The van der Waals surface area contributed by atoms with Crippen molar-refractivity contribution in [3.8, 4) is 11.1 Å². The predicted molar refractivity (Wildman–Crippen MR) is 68.6 cm³/mol. The van der Waals surface area contributed by atoms with Crippen molar-refractivity contribution in [2.75, 3.05) is 0 Å². The Hall–Kier alpha value is -0.690. The standard InChI is InChI=1S/C16H16.Hf/c1-2-7-12-13-8-3-5-10-15(13)16-11-6-4-9-14(12)16;/h3-6,8-12H,2,7H2,1H3;. The van der Waals surface area contributed by atoms with E-state index in [0.717, 1.165) is 0 Å². The minimum absolute atomic E-state index is 0. The van der Waals surface area contributed by atoms with Gasteiger partial charge in [0.1, 0.15) is 0 Å². The Morgan fingerprint density at radius 2 is 1.29 bits per heavy atom. The molecule has 0 radical (unpaired) electrons. The molecule has 0 fully saturated rings. The molecule has 0 spiro atoms. The summed E-state index contributed by atoms with van der Waals surface area (Å²) in [5.41, 5.74) is 5.92. The Labute approximate surface area is 122 Å². The molecule has 2 aromatic carbocycles. The Bertz CT molecular complexity index is 471. The fraction of sp³-hybridized carbons (Fsp3) is 0.250. The van der Waals surface area contributed by atoms with E-state index in [1.165, 1.54) is 35.1 Å². The molecule has 0 bridgehead atoms. The van der Waals surface area contributed by atoms with Crippen molar-refractivity contribution in [1.82, 2.24) is 0 Å². The molecule has 0 saturated carbocycles. The van der Waals surface area contributed by atoms with Crippen LogP contribution in [0.3, 0.4) is 0 Å². The van der Waals surface area contributed by atoms with Crippen LogP contribution in [-0.4, -0.2) is 0 Å². The van der Waals surface area contributed by atoms with E-state index in [9.17, 15) is 0 Å². The third-order valence-corrected chi connectivity index (χ3v) is 3.54. The summed E-state index contributed by atoms with van der Waals surface area (Å²) in [4.78, 5) is 0. The van der Waals surface area contributed by atoms with Gasteiger partial charge in [0.2, 0.25) is 0 Å². The maximum absolute atomic E-state index is 2.29. The van der Waals surface area contributed by atoms with Crippen LogP contribution in [0.25, 0.3) is 11.1 Å². The van der Waals surface area contributed by atoms with E-state index >= 15 is 0 Å². The van der Waals surface area contributed by atoms with Crippen LogP contribution in [0.1, 0.15) is 36.8 Å². The molecule has 0 unspecified atom stereocenters. The van der Waals surface area contributed by atoms with E-state index in [4.69, 9.17) is 0 Å². The van der Waals surface area contributed by atoms with E-state index in [1.807, 2.05) is 0 Å². The van der Waals surface area contributed by atoms with Crippen LogP contribution in [0.4, 0.5) is 0 Å². The molecule has 0 aromatic heterocycles. The molecule has 0 nitrogen and oxygen atoms in total. The minimum atomic E-state index is 0. The maximum Gasteiger partial charge on any atom is 0.0101 e. The average Bonchev–Trinajstić information content (AvgIpc) is 2.66. The first kappa shape index (κ1) is 12.8. The number of fused-ring (bicyclic) bond motifs is 3. The van der Waals surface area contributed by atoms with Gasteiger partial charge in [-0.15, -0.1) is 0 Å². The number of benzene rings is 2. The van der Waals surface area contributed by atoms with Crippen molar-refractivity contribution in [1.29, 1.82) is 0 Å². The predicted octanol–water partition coefficient (Wildman–Crippen LogP) is 4.60. The molecule has 1 aliphatic rings. The van der Waals surface area contributed by atoms with Crippen molar-refractivity contribution in [3.63, 3.8) is 0 Å². The van der Waals surface area contributed by atoms with Crippen LogP contribution in [0, 0.1) is 0 Å². The largest absolute Gasteiger partial charge is 0.0653 e. The smallest absolute Gasteiger partial charge is 0.0101 e. The molecule has 3 rings (SSSR count).